The molecule has 0 aliphatic rings. The Morgan fingerprint density at radius 2 is 1.50 bits per heavy atom. The molecule has 5 nitrogen and oxygen atoms in total. The molecule has 3 aromatic carbocycles. The van der Waals surface area contributed by atoms with Crippen LogP contribution in [0.2, 0.25) is 0 Å². The normalized spacial score (nSPS) is 11.1. The Hall–Kier alpha value is -3.86. The molecule has 34 heavy (non-hydrogen) atoms. The third kappa shape index (κ3) is 5.37. The summed E-state index contributed by atoms with van der Waals surface area (Å²) < 4.78 is 3.66. The molecule has 5 heteroatoms. The third-order valence-corrected chi connectivity index (χ3v) is 6.06. The minimum atomic E-state index is -0.944. The second kappa shape index (κ2) is 10.4. The van der Waals surface area contributed by atoms with E-state index in [-0.39, 0.29) is 11.3 Å². The van der Waals surface area contributed by atoms with Gasteiger partial charge in [0.2, 0.25) is 0 Å². The Bertz CT molecular complexity index is 1320. The van der Waals surface area contributed by atoms with Crippen molar-refractivity contribution < 1.29 is 9.90 Å². The zero-order valence-corrected chi connectivity index (χ0v) is 19.6. The average Bonchev–Trinajstić information content (AvgIpc) is 3.13. The first kappa shape index (κ1) is 23.3. The number of carbonyl (C=O) groups is 1. The Labute approximate surface area is 199 Å². The van der Waals surface area contributed by atoms with Gasteiger partial charge in [0, 0.05) is 11.9 Å². The quantitative estimate of drug-likeness (QED) is 0.353. The lowest BCUT2D eigenvalue weighted by molar-refractivity contribution is 0.0697. The molecule has 0 saturated heterocycles. The maximum Gasteiger partial charge on any atom is 0.336 e. The molecule has 0 spiro atoms. The van der Waals surface area contributed by atoms with Gasteiger partial charge in [-0.2, -0.15) is 0 Å². The summed E-state index contributed by atoms with van der Waals surface area (Å²) in [6.07, 6.45) is 3.85. The molecule has 0 aliphatic carbocycles. The lowest BCUT2D eigenvalue weighted by Gasteiger charge is -2.10. The number of aromatic carboxylic acids is 1. The van der Waals surface area contributed by atoms with Crippen LogP contribution in [-0.4, -0.2) is 20.2 Å². The number of aromatic nitrogens is 2. The van der Waals surface area contributed by atoms with E-state index in [9.17, 15) is 14.7 Å². The molecular weight excluding hydrogens is 424 g/mol. The second-order valence-corrected chi connectivity index (χ2v) is 9.08. The molecule has 0 unspecified atom stereocenters. The van der Waals surface area contributed by atoms with Gasteiger partial charge in [0.1, 0.15) is 0 Å². The predicted molar refractivity (Wildman–Crippen MR) is 135 cm³/mol. The summed E-state index contributed by atoms with van der Waals surface area (Å²) in [5.41, 5.74) is 4.93. The Kier molecular flexibility index (Phi) is 7.12. The fraction of sp³-hybridized carbons (Fsp3) is 0.241. The molecule has 174 valence electrons. The van der Waals surface area contributed by atoms with Gasteiger partial charge in [-0.15, -0.1) is 0 Å². The maximum atomic E-state index is 13.3. The number of rotatable bonds is 9. The molecule has 0 atom stereocenters. The van der Waals surface area contributed by atoms with E-state index in [1.54, 1.807) is 16.7 Å². The molecule has 0 radical (unpaired) electrons. The number of nitrogens with zero attached hydrogens (tertiary/aromatic N) is 2. The fourth-order valence-corrected chi connectivity index (χ4v) is 4.17. The number of benzene rings is 3. The van der Waals surface area contributed by atoms with Crippen LogP contribution < -0.4 is 5.69 Å². The van der Waals surface area contributed by atoms with E-state index in [4.69, 9.17) is 0 Å². The Balaban J connectivity index is 1.62. The van der Waals surface area contributed by atoms with Crippen molar-refractivity contribution in [1.82, 2.24) is 9.13 Å². The van der Waals surface area contributed by atoms with Gasteiger partial charge < -0.3 is 5.11 Å². The van der Waals surface area contributed by atoms with Crippen molar-refractivity contribution in [2.45, 2.75) is 39.8 Å². The van der Waals surface area contributed by atoms with Gasteiger partial charge >= 0.3 is 11.7 Å². The number of imidazole rings is 1. The summed E-state index contributed by atoms with van der Waals surface area (Å²) in [6, 6.07) is 24.8. The summed E-state index contributed by atoms with van der Waals surface area (Å²) in [5.74, 6) is -0.393. The van der Waals surface area contributed by atoms with E-state index >= 15 is 0 Å². The van der Waals surface area contributed by atoms with E-state index < -0.39 is 5.97 Å². The molecule has 4 rings (SSSR count). The van der Waals surface area contributed by atoms with Gasteiger partial charge in [0.05, 0.1) is 18.7 Å². The van der Waals surface area contributed by atoms with E-state index in [2.05, 4.69) is 13.8 Å². The summed E-state index contributed by atoms with van der Waals surface area (Å²) >= 11 is 0. The number of aryl methyl sites for hydroxylation is 1. The topological polar surface area (TPSA) is 64.2 Å². The minimum Gasteiger partial charge on any atom is -0.478 e. The molecular formula is C29H30N2O3. The van der Waals surface area contributed by atoms with E-state index in [1.165, 1.54) is 0 Å². The van der Waals surface area contributed by atoms with E-state index in [0.717, 1.165) is 35.2 Å². The van der Waals surface area contributed by atoms with E-state index in [0.29, 0.717) is 24.6 Å². The summed E-state index contributed by atoms with van der Waals surface area (Å²) in [4.78, 5) is 24.9. The van der Waals surface area contributed by atoms with Gasteiger partial charge in [-0.1, -0.05) is 86.6 Å². The molecule has 1 heterocycles. The lowest BCUT2D eigenvalue weighted by Crippen LogP contribution is -2.26. The van der Waals surface area contributed by atoms with Gasteiger partial charge in [-0.3, -0.25) is 9.13 Å². The first-order valence-corrected chi connectivity index (χ1v) is 11.7. The van der Waals surface area contributed by atoms with Crippen molar-refractivity contribution in [3.63, 3.8) is 0 Å². The molecule has 0 bridgehead atoms. The largest absolute Gasteiger partial charge is 0.478 e. The summed E-state index contributed by atoms with van der Waals surface area (Å²) in [7, 11) is 0. The number of carboxylic acid groups (broad SMARTS) is 1. The van der Waals surface area contributed by atoms with Gasteiger partial charge in [-0.05, 0) is 47.1 Å². The second-order valence-electron chi connectivity index (χ2n) is 9.08. The summed E-state index contributed by atoms with van der Waals surface area (Å²) in [6.45, 7) is 5.41. The van der Waals surface area contributed by atoms with Crippen molar-refractivity contribution in [3.05, 3.63) is 118 Å². The zero-order chi connectivity index (χ0) is 24.1. The monoisotopic (exact) mass is 454 g/mol. The lowest BCUT2D eigenvalue weighted by atomic mass is 9.98. The average molecular weight is 455 g/mol. The standard InChI is InChI=1S/C29H30N2O3/c1-21(2)12-17-25-20-30(18-22-8-4-3-5-9-22)29(34)31(25)19-23-13-15-24(16-14-23)26-10-6-7-11-27(26)28(32)33/h3-11,13-16,20-21H,12,17-19H2,1-2H3,(H,32,33). The van der Waals surface area contributed by atoms with Gasteiger partial charge in [-0.25, -0.2) is 9.59 Å². The SMILES string of the molecule is CC(C)CCc1cn(Cc2ccccc2)c(=O)n1Cc1ccc(-c2ccccc2C(=O)O)cc1. The van der Waals surface area contributed by atoms with Crippen LogP contribution in [0.3, 0.4) is 0 Å². The highest BCUT2D eigenvalue weighted by molar-refractivity contribution is 5.95. The molecule has 1 aromatic heterocycles. The van der Waals surface area contributed by atoms with Gasteiger partial charge in [0.15, 0.2) is 0 Å². The molecule has 0 aliphatic heterocycles. The third-order valence-electron chi connectivity index (χ3n) is 6.06. The highest BCUT2D eigenvalue weighted by Crippen LogP contribution is 2.24. The van der Waals surface area contributed by atoms with Crippen LogP contribution in [0.4, 0.5) is 0 Å². The minimum absolute atomic E-state index is 0.0112. The number of hydrogen-bond donors (Lipinski definition) is 1. The highest BCUT2D eigenvalue weighted by atomic mass is 16.4. The van der Waals surface area contributed by atoms with Crippen LogP contribution in [0, 0.1) is 5.92 Å². The van der Waals surface area contributed by atoms with Gasteiger partial charge in [0.25, 0.3) is 0 Å². The fourth-order valence-electron chi connectivity index (χ4n) is 4.17. The zero-order valence-electron chi connectivity index (χ0n) is 19.6. The molecule has 0 saturated carbocycles. The van der Waals surface area contributed by atoms with Crippen molar-refractivity contribution in [1.29, 1.82) is 0 Å². The van der Waals surface area contributed by atoms with Crippen LogP contribution >= 0.6 is 0 Å². The molecule has 1 N–H and O–H groups in total. The predicted octanol–water partition coefficient (Wildman–Crippen LogP) is 5.70. The van der Waals surface area contributed by atoms with Crippen LogP contribution in [0.15, 0.2) is 89.9 Å². The summed E-state index contributed by atoms with van der Waals surface area (Å²) in [5, 5.41) is 9.49. The molecule has 0 amide bonds. The van der Waals surface area contributed by atoms with Crippen molar-refractivity contribution >= 4 is 5.97 Å². The smallest absolute Gasteiger partial charge is 0.336 e. The first-order chi connectivity index (χ1) is 16.4. The van der Waals surface area contributed by atoms with Crippen LogP contribution in [-0.2, 0) is 19.5 Å². The molecule has 0 fully saturated rings. The number of hydrogen-bond acceptors (Lipinski definition) is 2. The first-order valence-electron chi connectivity index (χ1n) is 11.7. The van der Waals surface area contributed by atoms with E-state index in [1.807, 2.05) is 77.5 Å². The van der Waals surface area contributed by atoms with Crippen molar-refractivity contribution in [2.24, 2.45) is 5.92 Å². The Morgan fingerprint density at radius 3 is 2.18 bits per heavy atom. The van der Waals surface area contributed by atoms with Crippen molar-refractivity contribution in [3.8, 4) is 11.1 Å². The Morgan fingerprint density at radius 1 is 0.853 bits per heavy atom. The van der Waals surface area contributed by atoms with Crippen LogP contribution in [0.1, 0.15) is 47.4 Å². The highest BCUT2D eigenvalue weighted by Gasteiger charge is 2.14. The maximum absolute atomic E-state index is 13.3. The van der Waals surface area contributed by atoms with Crippen molar-refractivity contribution in [2.75, 3.05) is 0 Å². The molecule has 4 aromatic rings. The van der Waals surface area contributed by atoms with Crippen LogP contribution in [0.5, 0.6) is 0 Å². The number of carboxylic acids is 1. The van der Waals surface area contributed by atoms with Crippen LogP contribution in [0.25, 0.3) is 11.1 Å².